The second-order valence-corrected chi connectivity index (χ2v) is 6.50. The molecule has 0 radical (unpaired) electrons. The molecule has 0 N–H and O–H groups in total. The Hall–Kier alpha value is -0.570. The van der Waals surface area contributed by atoms with Crippen molar-refractivity contribution in [3.05, 3.63) is 34.9 Å². The van der Waals surface area contributed by atoms with Crippen molar-refractivity contribution in [3.63, 3.8) is 0 Å². The molecule has 3 heteroatoms. The molecule has 1 heterocycles. The first-order chi connectivity index (χ1) is 8.91. The predicted molar refractivity (Wildman–Crippen MR) is 80.9 cm³/mol. The Labute approximate surface area is 121 Å². The van der Waals surface area contributed by atoms with Gasteiger partial charge in [-0.3, -0.25) is 4.90 Å². The predicted octanol–water partition coefficient (Wildman–Crippen LogP) is 3.52. The van der Waals surface area contributed by atoms with E-state index in [1.165, 1.54) is 16.7 Å². The van der Waals surface area contributed by atoms with E-state index < -0.39 is 0 Å². The number of rotatable bonds is 3. The standard InChI is InChI=1S/C16H24ClNO/c1-12-6-5-7-13(2)15(12)10-18-9-14(8-17)19-16(3,4)11-18/h5-7,14H,8-11H2,1-4H3. The first-order valence-electron chi connectivity index (χ1n) is 6.92. The van der Waals surface area contributed by atoms with Gasteiger partial charge in [-0.2, -0.15) is 0 Å². The molecule has 1 aromatic rings. The number of ether oxygens (including phenoxy) is 1. The smallest absolute Gasteiger partial charge is 0.0845 e. The number of hydrogen-bond acceptors (Lipinski definition) is 2. The van der Waals surface area contributed by atoms with Gasteiger partial charge >= 0.3 is 0 Å². The van der Waals surface area contributed by atoms with Crippen LogP contribution in [0.4, 0.5) is 0 Å². The van der Waals surface area contributed by atoms with Crippen LogP contribution in [0.15, 0.2) is 18.2 Å². The molecule has 1 aliphatic rings. The van der Waals surface area contributed by atoms with Gasteiger partial charge in [0.1, 0.15) is 0 Å². The summed E-state index contributed by atoms with van der Waals surface area (Å²) in [5, 5.41) is 0. The summed E-state index contributed by atoms with van der Waals surface area (Å²) in [6.45, 7) is 11.5. The lowest BCUT2D eigenvalue weighted by Gasteiger charge is -2.42. The van der Waals surface area contributed by atoms with Crippen LogP contribution in [-0.4, -0.2) is 35.6 Å². The second kappa shape index (κ2) is 5.82. The molecule has 2 rings (SSSR count). The number of morpholine rings is 1. The van der Waals surface area contributed by atoms with Gasteiger partial charge in [0.15, 0.2) is 0 Å². The molecule has 1 fully saturated rings. The maximum absolute atomic E-state index is 5.99. The van der Waals surface area contributed by atoms with Crippen LogP contribution in [0.5, 0.6) is 0 Å². The average molecular weight is 282 g/mol. The number of halogens is 1. The van der Waals surface area contributed by atoms with Gasteiger partial charge in [-0.15, -0.1) is 11.6 Å². The number of hydrogen-bond donors (Lipinski definition) is 0. The number of aryl methyl sites for hydroxylation is 2. The van der Waals surface area contributed by atoms with Crippen molar-refractivity contribution >= 4 is 11.6 Å². The van der Waals surface area contributed by atoms with E-state index in [0.29, 0.717) is 5.88 Å². The van der Waals surface area contributed by atoms with Crippen molar-refractivity contribution in [3.8, 4) is 0 Å². The summed E-state index contributed by atoms with van der Waals surface area (Å²) in [5.74, 6) is 0.562. The molecular weight excluding hydrogens is 258 g/mol. The monoisotopic (exact) mass is 281 g/mol. The third-order valence-electron chi connectivity index (χ3n) is 3.75. The Morgan fingerprint density at radius 2 is 1.95 bits per heavy atom. The summed E-state index contributed by atoms with van der Waals surface area (Å²) in [6, 6.07) is 6.50. The highest BCUT2D eigenvalue weighted by molar-refractivity contribution is 6.18. The molecule has 0 spiro atoms. The van der Waals surface area contributed by atoms with Crippen LogP contribution in [0.1, 0.15) is 30.5 Å². The Balaban J connectivity index is 2.14. The molecule has 0 aliphatic carbocycles. The van der Waals surface area contributed by atoms with E-state index in [-0.39, 0.29) is 11.7 Å². The van der Waals surface area contributed by atoms with E-state index in [1.807, 2.05) is 0 Å². The first-order valence-corrected chi connectivity index (χ1v) is 7.46. The third-order valence-corrected chi connectivity index (χ3v) is 4.09. The van der Waals surface area contributed by atoms with E-state index in [0.717, 1.165) is 19.6 Å². The van der Waals surface area contributed by atoms with Crippen LogP contribution in [0.25, 0.3) is 0 Å². The van der Waals surface area contributed by atoms with Gasteiger partial charge in [-0.1, -0.05) is 18.2 Å². The normalized spacial score (nSPS) is 23.5. The van der Waals surface area contributed by atoms with Gasteiger partial charge in [0, 0.05) is 25.5 Å². The Morgan fingerprint density at radius 1 is 1.32 bits per heavy atom. The first kappa shape index (κ1) is 14.8. The number of nitrogens with zero attached hydrogens (tertiary/aromatic N) is 1. The van der Waals surface area contributed by atoms with E-state index >= 15 is 0 Å². The van der Waals surface area contributed by atoms with Gasteiger partial charge in [0.2, 0.25) is 0 Å². The summed E-state index contributed by atoms with van der Waals surface area (Å²) in [5.41, 5.74) is 4.06. The molecule has 0 amide bonds. The minimum Gasteiger partial charge on any atom is -0.368 e. The Kier molecular flexibility index (Phi) is 4.54. The van der Waals surface area contributed by atoms with Crippen molar-refractivity contribution in [2.45, 2.75) is 45.9 Å². The Morgan fingerprint density at radius 3 is 2.53 bits per heavy atom. The van der Waals surface area contributed by atoms with Crippen LogP contribution in [0, 0.1) is 13.8 Å². The molecule has 0 saturated carbocycles. The van der Waals surface area contributed by atoms with Crippen molar-refractivity contribution in [1.29, 1.82) is 0 Å². The Bertz CT molecular complexity index is 424. The summed E-state index contributed by atoms with van der Waals surface area (Å²) in [6.07, 6.45) is 0.134. The highest BCUT2D eigenvalue weighted by Crippen LogP contribution is 2.24. The minimum atomic E-state index is -0.117. The quantitative estimate of drug-likeness (QED) is 0.786. The molecule has 1 unspecified atom stereocenters. The number of alkyl halides is 1. The van der Waals surface area contributed by atoms with Gasteiger partial charge in [0.05, 0.1) is 11.7 Å². The van der Waals surface area contributed by atoms with E-state index in [1.54, 1.807) is 0 Å². The largest absolute Gasteiger partial charge is 0.368 e. The van der Waals surface area contributed by atoms with E-state index in [2.05, 4.69) is 50.8 Å². The van der Waals surface area contributed by atoms with Gasteiger partial charge in [-0.25, -0.2) is 0 Å². The van der Waals surface area contributed by atoms with Crippen molar-refractivity contribution in [1.82, 2.24) is 4.90 Å². The molecular formula is C16H24ClNO. The fourth-order valence-corrected chi connectivity index (χ4v) is 3.10. The molecule has 1 aromatic carbocycles. The molecule has 0 aromatic heterocycles. The molecule has 106 valence electrons. The van der Waals surface area contributed by atoms with E-state index in [9.17, 15) is 0 Å². The van der Waals surface area contributed by atoms with E-state index in [4.69, 9.17) is 16.3 Å². The highest BCUT2D eigenvalue weighted by atomic mass is 35.5. The zero-order valence-electron chi connectivity index (χ0n) is 12.4. The summed E-state index contributed by atoms with van der Waals surface area (Å²) in [7, 11) is 0. The lowest BCUT2D eigenvalue weighted by atomic mass is 10.00. The minimum absolute atomic E-state index is 0.117. The van der Waals surface area contributed by atoms with Gasteiger partial charge in [0.25, 0.3) is 0 Å². The fourth-order valence-electron chi connectivity index (χ4n) is 2.94. The van der Waals surface area contributed by atoms with Crippen LogP contribution < -0.4 is 0 Å². The molecule has 2 nitrogen and oxygen atoms in total. The second-order valence-electron chi connectivity index (χ2n) is 6.19. The molecule has 19 heavy (non-hydrogen) atoms. The fraction of sp³-hybridized carbons (Fsp3) is 0.625. The van der Waals surface area contributed by atoms with Gasteiger partial charge in [-0.05, 0) is 44.4 Å². The SMILES string of the molecule is Cc1cccc(C)c1CN1CC(CCl)OC(C)(C)C1. The van der Waals surface area contributed by atoms with Crippen LogP contribution in [0.2, 0.25) is 0 Å². The average Bonchev–Trinajstić information content (AvgIpc) is 2.32. The highest BCUT2D eigenvalue weighted by Gasteiger charge is 2.33. The lowest BCUT2D eigenvalue weighted by molar-refractivity contribution is -0.129. The van der Waals surface area contributed by atoms with Gasteiger partial charge < -0.3 is 4.74 Å². The topological polar surface area (TPSA) is 12.5 Å². The zero-order valence-corrected chi connectivity index (χ0v) is 13.1. The maximum atomic E-state index is 5.99. The molecule has 0 bridgehead atoms. The van der Waals surface area contributed by atoms with Crippen molar-refractivity contribution in [2.24, 2.45) is 0 Å². The van der Waals surface area contributed by atoms with Crippen LogP contribution in [0.3, 0.4) is 0 Å². The molecule has 1 saturated heterocycles. The summed E-state index contributed by atoms with van der Waals surface area (Å²) >= 11 is 5.99. The number of benzene rings is 1. The molecule has 1 atom stereocenters. The third kappa shape index (κ3) is 3.71. The zero-order chi connectivity index (χ0) is 14.0. The van der Waals surface area contributed by atoms with Crippen LogP contribution >= 0.6 is 11.6 Å². The van der Waals surface area contributed by atoms with Crippen LogP contribution in [-0.2, 0) is 11.3 Å². The lowest BCUT2D eigenvalue weighted by Crippen LogP contribution is -2.52. The molecule has 1 aliphatic heterocycles. The summed E-state index contributed by atoms with van der Waals surface area (Å²) in [4.78, 5) is 2.46. The van der Waals surface area contributed by atoms with Crippen molar-refractivity contribution < 1.29 is 4.74 Å². The van der Waals surface area contributed by atoms with Crippen molar-refractivity contribution in [2.75, 3.05) is 19.0 Å². The summed E-state index contributed by atoms with van der Waals surface area (Å²) < 4.78 is 5.98. The maximum Gasteiger partial charge on any atom is 0.0845 e.